The first-order valence-electron chi connectivity index (χ1n) is 8.77. The van der Waals surface area contributed by atoms with Crippen molar-refractivity contribution >= 4 is 16.9 Å². The van der Waals surface area contributed by atoms with Gasteiger partial charge in [-0.15, -0.1) is 0 Å². The molecule has 0 radical (unpaired) electrons. The van der Waals surface area contributed by atoms with Crippen LogP contribution in [0.3, 0.4) is 0 Å². The van der Waals surface area contributed by atoms with Gasteiger partial charge in [-0.1, -0.05) is 17.3 Å². The Morgan fingerprint density at radius 2 is 2.16 bits per heavy atom. The van der Waals surface area contributed by atoms with E-state index in [1.54, 1.807) is 0 Å². The largest absolute Gasteiger partial charge is 0.344 e. The maximum atomic E-state index is 12.5. The average molecular weight is 337 g/mol. The number of hydrogen-bond donors (Lipinski definition) is 2. The van der Waals surface area contributed by atoms with Crippen molar-refractivity contribution in [2.45, 2.75) is 44.1 Å². The number of aromatic amines is 1. The molecule has 128 valence electrons. The molecular formula is C18H19N5O2. The smallest absolute Gasteiger partial charge is 0.248 e. The van der Waals surface area contributed by atoms with E-state index in [0.29, 0.717) is 11.8 Å². The first kappa shape index (κ1) is 14.6. The second-order valence-electron chi connectivity index (χ2n) is 7.08. The Bertz CT molecular complexity index is 909. The van der Waals surface area contributed by atoms with Crippen molar-refractivity contribution in [1.29, 1.82) is 0 Å². The number of carbonyl (C=O) groups excluding carboxylic acids is 1. The number of para-hydroxylation sites is 2. The van der Waals surface area contributed by atoms with E-state index >= 15 is 0 Å². The lowest BCUT2D eigenvalue weighted by Gasteiger charge is -2.09. The molecule has 5 rings (SSSR count). The number of amides is 1. The van der Waals surface area contributed by atoms with Crippen LogP contribution in [0.5, 0.6) is 0 Å². The molecular weight excluding hydrogens is 318 g/mol. The predicted molar refractivity (Wildman–Crippen MR) is 89.8 cm³/mol. The van der Waals surface area contributed by atoms with E-state index < -0.39 is 0 Å². The third kappa shape index (κ3) is 2.69. The Hall–Kier alpha value is -2.70. The summed E-state index contributed by atoms with van der Waals surface area (Å²) in [6.07, 6.45) is 3.07. The number of imidazole rings is 1. The van der Waals surface area contributed by atoms with Crippen LogP contribution in [-0.4, -0.2) is 26.0 Å². The van der Waals surface area contributed by atoms with Gasteiger partial charge in [-0.05, 0) is 38.3 Å². The summed E-state index contributed by atoms with van der Waals surface area (Å²) in [7, 11) is 0. The topological polar surface area (TPSA) is 96.7 Å². The van der Waals surface area contributed by atoms with Gasteiger partial charge in [0.25, 0.3) is 0 Å². The summed E-state index contributed by atoms with van der Waals surface area (Å²) in [5, 5.41) is 6.99. The van der Waals surface area contributed by atoms with Crippen LogP contribution in [0.2, 0.25) is 0 Å². The van der Waals surface area contributed by atoms with Crippen molar-refractivity contribution in [3.63, 3.8) is 0 Å². The highest BCUT2D eigenvalue weighted by molar-refractivity contribution is 5.83. The van der Waals surface area contributed by atoms with Gasteiger partial charge >= 0.3 is 0 Å². The van der Waals surface area contributed by atoms with Crippen LogP contribution in [0.25, 0.3) is 11.0 Å². The number of fused-ring (bicyclic) bond motifs is 1. The molecule has 0 bridgehead atoms. The fraction of sp³-hybridized carbons (Fsp3) is 0.444. The molecule has 7 nitrogen and oxygen atoms in total. The van der Waals surface area contributed by atoms with E-state index in [0.717, 1.165) is 41.9 Å². The normalized spacial score (nSPS) is 23.6. The molecule has 2 aromatic heterocycles. The minimum absolute atomic E-state index is 0.0177. The Morgan fingerprint density at radius 3 is 2.96 bits per heavy atom. The third-order valence-corrected chi connectivity index (χ3v) is 5.02. The Morgan fingerprint density at radius 1 is 1.32 bits per heavy atom. The van der Waals surface area contributed by atoms with Crippen LogP contribution in [0.1, 0.15) is 61.6 Å². The maximum Gasteiger partial charge on any atom is 0.248 e. The van der Waals surface area contributed by atoms with E-state index in [-0.39, 0.29) is 23.8 Å². The number of rotatable bonds is 5. The van der Waals surface area contributed by atoms with Gasteiger partial charge in [0, 0.05) is 17.8 Å². The van der Waals surface area contributed by atoms with Gasteiger partial charge in [0.05, 0.1) is 11.0 Å². The molecule has 2 saturated carbocycles. The summed E-state index contributed by atoms with van der Waals surface area (Å²) >= 11 is 0. The van der Waals surface area contributed by atoms with Crippen molar-refractivity contribution in [2.75, 3.05) is 0 Å². The lowest BCUT2D eigenvalue weighted by atomic mass is 10.2. The van der Waals surface area contributed by atoms with Gasteiger partial charge in [0.2, 0.25) is 11.8 Å². The van der Waals surface area contributed by atoms with Gasteiger partial charge < -0.3 is 14.8 Å². The Balaban J connectivity index is 1.24. The van der Waals surface area contributed by atoms with E-state index in [4.69, 9.17) is 4.52 Å². The second-order valence-corrected chi connectivity index (χ2v) is 7.08. The summed E-state index contributed by atoms with van der Waals surface area (Å²) in [5.74, 6) is 2.71. The monoisotopic (exact) mass is 337 g/mol. The molecule has 2 N–H and O–H groups in total. The molecule has 0 saturated heterocycles. The average Bonchev–Trinajstić information content (AvgIpc) is 3.53. The highest BCUT2D eigenvalue weighted by Crippen LogP contribution is 2.47. The van der Waals surface area contributed by atoms with Crippen LogP contribution >= 0.6 is 0 Å². The van der Waals surface area contributed by atoms with Crippen LogP contribution in [0, 0.1) is 5.92 Å². The van der Waals surface area contributed by atoms with Crippen LogP contribution in [0.4, 0.5) is 0 Å². The van der Waals surface area contributed by atoms with E-state index in [9.17, 15) is 4.79 Å². The molecule has 2 aliphatic rings. The molecule has 2 fully saturated rings. The first-order chi connectivity index (χ1) is 12.2. The first-order valence-corrected chi connectivity index (χ1v) is 8.77. The zero-order valence-electron chi connectivity index (χ0n) is 13.9. The van der Waals surface area contributed by atoms with Crippen LogP contribution < -0.4 is 5.32 Å². The molecule has 2 aliphatic carbocycles. The molecule has 0 aliphatic heterocycles. The van der Waals surface area contributed by atoms with Gasteiger partial charge in [0.1, 0.15) is 11.9 Å². The highest BCUT2D eigenvalue weighted by atomic mass is 16.5. The summed E-state index contributed by atoms with van der Waals surface area (Å²) in [6.45, 7) is 1.88. The molecule has 0 spiro atoms. The van der Waals surface area contributed by atoms with E-state index in [1.807, 2.05) is 31.2 Å². The summed E-state index contributed by atoms with van der Waals surface area (Å²) in [5.41, 5.74) is 1.95. The number of nitrogens with zero attached hydrogens (tertiary/aromatic N) is 3. The zero-order chi connectivity index (χ0) is 17.0. The van der Waals surface area contributed by atoms with Gasteiger partial charge in [0.15, 0.2) is 5.82 Å². The minimum Gasteiger partial charge on any atom is -0.344 e. The Kier molecular flexibility index (Phi) is 3.16. The lowest BCUT2D eigenvalue weighted by molar-refractivity contribution is -0.123. The second kappa shape index (κ2) is 5.40. The summed E-state index contributed by atoms with van der Waals surface area (Å²) < 4.78 is 5.29. The number of hydrogen-bond acceptors (Lipinski definition) is 5. The lowest BCUT2D eigenvalue weighted by Crippen LogP contribution is -2.28. The standard InChI is InChI=1S/C18H19N5O2/c1-9(18-22-15(23-25-18)10-6-7-10)19-17(24)12-8-11(12)16-20-13-4-2-3-5-14(13)21-16/h2-5,9-12H,6-8H2,1H3,(H,19,24)(H,20,21)/t9-,11+,12?/m1/s1. The molecule has 3 atom stereocenters. The van der Waals surface area contributed by atoms with Crippen LogP contribution in [-0.2, 0) is 4.79 Å². The van der Waals surface area contributed by atoms with Crippen molar-refractivity contribution in [1.82, 2.24) is 25.4 Å². The molecule has 2 heterocycles. The number of benzene rings is 1. The molecule has 7 heteroatoms. The number of carbonyl (C=O) groups is 1. The van der Waals surface area contributed by atoms with Crippen molar-refractivity contribution in [3.05, 3.63) is 41.8 Å². The van der Waals surface area contributed by atoms with E-state index in [1.165, 1.54) is 0 Å². The third-order valence-electron chi connectivity index (χ3n) is 5.02. The molecule has 1 unspecified atom stereocenters. The number of nitrogens with one attached hydrogen (secondary N) is 2. The fourth-order valence-electron chi connectivity index (χ4n) is 3.25. The number of aromatic nitrogens is 4. The molecule has 1 amide bonds. The van der Waals surface area contributed by atoms with Gasteiger partial charge in [-0.2, -0.15) is 4.98 Å². The minimum atomic E-state index is -0.274. The summed E-state index contributed by atoms with van der Waals surface area (Å²) in [6, 6.07) is 7.64. The fourth-order valence-corrected chi connectivity index (χ4v) is 3.25. The zero-order valence-corrected chi connectivity index (χ0v) is 13.9. The van der Waals surface area contributed by atoms with Crippen molar-refractivity contribution in [3.8, 4) is 0 Å². The quantitative estimate of drug-likeness (QED) is 0.746. The van der Waals surface area contributed by atoms with Crippen molar-refractivity contribution < 1.29 is 9.32 Å². The molecule has 1 aromatic carbocycles. The Labute approximate surface area is 144 Å². The molecule has 3 aromatic rings. The SMILES string of the molecule is C[C@@H](NC(=O)C1C[C@@H]1c1nc2ccccc2[nH]1)c1nc(C2CC2)no1. The number of H-pyrrole nitrogens is 1. The maximum absolute atomic E-state index is 12.5. The van der Waals surface area contributed by atoms with Crippen LogP contribution in [0.15, 0.2) is 28.8 Å². The highest BCUT2D eigenvalue weighted by Gasteiger charge is 2.46. The van der Waals surface area contributed by atoms with Gasteiger partial charge in [-0.3, -0.25) is 4.79 Å². The van der Waals surface area contributed by atoms with Gasteiger partial charge in [-0.25, -0.2) is 4.98 Å². The predicted octanol–water partition coefficient (Wildman–Crippen LogP) is 2.80. The molecule has 25 heavy (non-hydrogen) atoms. The van der Waals surface area contributed by atoms with E-state index in [2.05, 4.69) is 25.4 Å². The summed E-state index contributed by atoms with van der Waals surface area (Å²) in [4.78, 5) is 24.8. The van der Waals surface area contributed by atoms with Crippen molar-refractivity contribution in [2.24, 2.45) is 5.92 Å².